The quantitative estimate of drug-likeness (QED) is 0.836. The summed E-state index contributed by atoms with van der Waals surface area (Å²) in [5.41, 5.74) is 7.69. The summed E-state index contributed by atoms with van der Waals surface area (Å²) in [6, 6.07) is 4.83. The van der Waals surface area contributed by atoms with Crippen molar-refractivity contribution >= 4 is 39.7 Å². The van der Waals surface area contributed by atoms with Gasteiger partial charge in [-0.05, 0) is 37.5 Å². The van der Waals surface area contributed by atoms with Crippen LogP contribution in [-0.4, -0.2) is 10.9 Å². The van der Waals surface area contributed by atoms with Crippen LogP contribution in [0.3, 0.4) is 0 Å². The first-order chi connectivity index (χ1) is 9.13. The van der Waals surface area contributed by atoms with Gasteiger partial charge in [0.25, 0.3) is 5.91 Å². The van der Waals surface area contributed by atoms with E-state index in [1.165, 1.54) is 4.88 Å². The number of hydrogen-bond donors (Lipinski definition) is 2. The van der Waals surface area contributed by atoms with Gasteiger partial charge in [0.1, 0.15) is 0 Å². The Morgan fingerprint density at radius 1 is 1.42 bits per heavy atom. The Hall–Kier alpha value is -1.59. The number of nitrogens with one attached hydrogen (secondary N) is 1. The zero-order valence-corrected chi connectivity index (χ0v) is 11.6. The molecule has 3 rings (SSSR count). The first-order valence-electron chi connectivity index (χ1n) is 5.98. The van der Waals surface area contributed by atoms with Crippen molar-refractivity contribution in [3.8, 4) is 0 Å². The van der Waals surface area contributed by atoms with Crippen LogP contribution < -0.4 is 11.1 Å². The Morgan fingerprint density at radius 3 is 3.00 bits per heavy atom. The molecule has 19 heavy (non-hydrogen) atoms. The van der Waals surface area contributed by atoms with Gasteiger partial charge in [0.05, 0.1) is 11.3 Å². The molecule has 0 saturated heterocycles. The number of halogens is 1. The van der Waals surface area contributed by atoms with Crippen molar-refractivity contribution in [2.24, 2.45) is 0 Å². The smallest absolute Gasteiger partial charge is 0.259 e. The molecule has 4 nitrogen and oxygen atoms in total. The Labute approximate surface area is 119 Å². The molecule has 1 aliphatic rings. The molecule has 6 heteroatoms. The van der Waals surface area contributed by atoms with Crippen molar-refractivity contribution in [2.75, 3.05) is 11.1 Å². The first kappa shape index (κ1) is 12.4. The molecule has 0 spiro atoms. The summed E-state index contributed by atoms with van der Waals surface area (Å²) < 4.78 is 0. The predicted molar refractivity (Wildman–Crippen MR) is 78.0 cm³/mol. The van der Waals surface area contributed by atoms with Crippen molar-refractivity contribution in [1.29, 1.82) is 0 Å². The summed E-state index contributed by atoms with van der Waals surface area (Å²) in [7, 11) is 0. The predicted octanol–water partition coefficient (Wildman–Crippen LogP) is 3.12. The molecule has 0 bridgehead atoms. The third-order valence-corrected chi connectivity index (χ3v) is 4.38. The van der Waals surface area contributed by atoms with Crippen LogP contribution in [0.1, 0.15) is 27.3 Å². The molecule has 0 unspecified atom stereocenters. The number of nitrogens with two attached hydrogens (primary N) is 1. The summed E-state index contributed by atoms with van der Waals surface area (Å²) >= 11 is 7.35. The summed E-state index contributed by atoms with van der Waals surface area (Å²) in [6.07, 6.45) is 3.23. The second-order valence-corrected chi connectivity index (χ2v) is 5.95. The molecular formula is C13H12ClN3OS. The number of thiazole rings is 1. The van der Waals surface area contributed by atoms with Crippen molar-refractivity contribution in [2.45, 2.75) is 19.3 Å². The van der Waals surface area contributed by atoms with Crippen LogP contribution >= 0.6 is 22.9 Å². The van der Waals surface area contributed by atoms with Gasteiger partial charge in [-0.2, -0.15) is 0 Å². The number of nitrogen functional groups attached to an aromatic ring is 1. The van der Waals surface area contributed by atoms with E-state index in [4.69, 9.17) is 17.3 Å². The van der Waals surface area contributed by atoms with Crippen molar-refractivity contribution < 1.29 is 4.79 Å². The molecule has 1 aliphatic carbocycles. The molecule has 3 N–H and O–H groups in total. The van der Waals surface area contributed by atoms with Crippen LogP contribution in [0.25, 0.3) is 0 Å². The van der Waals surface area contributed by atoms with Gasteiger partial charge in [-0.1, -0.05) is 11.6 Å². The highest BCUT2D eigenvalue weighted by molar-refractivity contribution is 7.16. The minimum absolute atomic E-state index is 0.249. The lowest BCUT2D eigenvalue weighted by molar-refractivity contribution is 0.102. The number of nitrogens with zero attached hydrogens (tertiary/aromatic N) is 1. The third-order valence-electron chi connectivity index (χ3n) is 3.07. The van der Waals surface area contributed by atoms with Crippen molar-refractivity contribution in [1.82, 2.24) is 4.98 Å². The Balaban J connectivity index is 1.80. The van der Waals surface area contributed by atoms with E-state index in [1.807, 2.05) is 0 Å². The van der Waals surface area contributed by atoms with E-state index in [0.717, 1.165) is 25.0 Å². The summed E-state index contributed by atoms with van der Waals surface area (Å²) in [5.74, 6) is -0.249. The van der Waals surface area contributed by atoms with E-state index < -0.39 is 0 Å². The van der Waals surface area contributed by atoms with Gasteiger partial charge in [-0.15, -0.1) is 11.3 Å². The van der Waals surface area contributed by atoms with Crippen LogP contribution in [0.15, 0.2) is 18.2 Å². The molecule has 1 heterocycles. The van der Waals surface area contributed by atoms with E-state index in [9.17, 15) is 4.79 Å². The molecule has 0 radical (unpaired) electrons. The first-order valence-corrected chi connectivity index (χ1v) is 7.18. The van der Waals surface area contributed by atoms with Gasteiger partial charge in [0, 0.05) is 15.6 Å². The number of aromatic nitrogens is 1. The lowest BCUT2D eigenvalue weighted by Gasteiger charge is -2.05. The number of benzene rings is 1. The SMILES string of the molecule is Nc1cc(Cl)ccc1C(=O)Nc1nc2c(s1)CCC2. The van der Waals surface area contributed by atoms with Crippen LogP contribution in [0, 0.1) is 0 Å². The van der Waals surface area contributed by atoms with Crippen LogP contribution in [-0.2, 0) is 12.8 Å². The van der Waals surface area contributed by atoms with Crippen LogP contribution in [0.5, 0.6) is 0 Å². The number of hydrogen-bond acceptors (Lipinski definition) is 4. The molecule has 0 fully saturated rings. The number of rotatable bonds is 2. The second kappa shape index (κ2) is 4.83. The number of aryl methyl sites for hydroxylation is 2. The third kappa shape index (κ3) is 2.43. The monoisotopic (exact) mass is 293 g/mol. The fourth-order valence-corrected chi connectivity index (χ4v) is 3.37. The van der Waals surface area contributed by atoms with Crippen LogP contribution in [0.2, 0.25) is 5.02 Å². The Morgan fingerprint density at radius 2 is 2.26 bits per heavy atom. The molecule has 0 atom stereocenters. The minimum atomic E-state index is -0.249. The molecule has 1 amide bonds. The molecular weight excluding hydrogens is 282 g/mol. The highest BCUT2D eigenvalue weighted by atomic mass is 35.5. The maximum Gasteiger partial charge on any atom is 0.259 e. The molecule has 0 saturated carbocycles. The Kier molecular flexibility index (Phi) is 3.16. The van der Waals surface area contributed by atoms with E-state index in [-0.39, 0.29) is 5.91 Å². The van der Waals surface area contributed by atoms with Crippen molar-refractivity contribution in [3.05, 3.63) is 39.4 Å². The summed E-state index contributed by atoms with van der Waals surface area (Å²) in [5, 5.41) is 3.95. The van der Waals surface area contributed by atoms with Gasteiger partial charge in [0.2, 0.25) is 0 Å². The normalized spacial score (nSPS) is 13.3. The Bertz CT molecular complexity index is 632. The fourth-order valence-electron chi connectivity index (χ4n) is 2.15. The number of carbonyl (C=O) groups is 1. The van der Waals surface area contributed by atoms with Crippen molar-refractivity contribution in [3.63, 3.8) is 0 Å². The molecule has 1 aromatic heterocycles. The number of anilines is 2. The zero-order valence-electron chi connectivity index (χ0n) is 10.1. The van der Waals surface area contributed by atoms with Gasteiger partial charge < -0.3 is 5.73 Å². The van der Waals surface area contributed by atoms with E-state index in [2.05, 4.69) is 10.3 Å². The van der Waals surface area contributed by atoms with E-state index in [1.54, 1.807) is 29.5 Å². The van der Waals surface area contributed by atoms with E-state index in [0.29, 0.717) is 21.4 Å². The maximum atomic E-state index is 12.1. The summed E-state index contributed by atoms with van der Waals surface area (Å²) in [6.45, 7) is 0. The molecule has 0 aliphatic heterocycles. The molecule has 1 aromatic carbocycles. The number of fused-ring (bicyclic) bond motifs is 1. The standard InChI is InChI=1S/C13H12ClN3OS/c14-7-4-5-8(9(15)6-7)12(18)17-13-16-10-2-1-3-11(10)19-13/h4-6H,1-3,15H2,(H,16,17,18). The second-order valence-electron chi connectivity index (χ2n) is 4.43. The highest BCUT2D eigenvalue weighted by Gasteiger charge is 2.18. The fraction of sp³-hybridized carbons (Fsp3) is 0.231. The molecule has 2 aromatic rings. The number of amides is 1. The van der Waals surface area contributed by atoms with Gasteiger partial charge in [-0.25, -0.2) is 4.98 Å². The van der Waals surface area contributed by atoms with Gasteiger partial charge in [0.15, 0.2) is 5.13 Å². The van der Waals surface area contributed by atoms with Gasteiger partial charge >= 0.3 is 0 Å². The van der Waals surface area contributed by atoms with Crippen LogP contribution in [0.4, 0.5) is 10.8 Å². The average Bonchev–Trinajstić information content (AvgIpc) is 2.89. The number of carbonyl (C=O) groups excluding carboxylic acids is 1. The topological polar surface area (TPSA) is 68.0 Å². The zero-order chi connectivity index (χ0) is 13.4. The van der Waals surface area contributed by atoms with E-state index >= 15 is 0 Å². The maximum absolute atomic E-state index is 12.1. The lowest BCUT2D eigenvalue weighted by Crippen LogP contribution is -2.13. The van der Waals surface area contributed by atoms with Gasteiger partial charge in [-0.3, -0.25) is 10.1 Å². The lowest BCUT2D eigenvalue weighted by atomic mass is 10.2. The largest absolute Gasteiger partial charge is 0.398 e. The molecule has 98 valence electrons. The average molecular weight is 294 g/mol. The minimum Gasteiger partial charge on any atom is -0.398 e. The summed E-state index contributed by atoms with van der Waals surface area (Å²) in [4.78, 5) is 17.8. The highest BCUT2D eigenvalue weighted by Crippen LogP contribution is 2.31.